The van der Waals surface area contributed by atoms with Crippen molar-refractivity contribution in [3.63, 3.8) is 0 Å². The van der Waals surface area contributed by atoms with E-state index in [1.807, 2.05) is 0 Å². The fourth-order valence-electron chi connectivity index (χ4n) is 1.34. The minimum atomic E-state index is -3.69. The van der Waals surface area contributed by atoms with Gasteiger partial charge in [0.05, 0.1) is 4.90 Å². The van der Waals surface area contributed by atoms with E-state index in [1.54, 1.807) is 18.2 Å². The number of fused-ring (bicyclic) bond motifs is 1. The first kappa shape index (κ1) is 11.3. The SMILES string of the molecule is NC(=O)/C1=C/NS(=O)(=O)c2ccccc2C=N1. The van der Waals surface area contributed by atoms with Crippen molar-refractivity contribution in [2.45, 2.75) is 4.90 Å². The van der Waals surface area contributed by atoms with Crippen LogP contribution in [0.2, 0.25) is 0 Å². The van der Waals surface area contributed by atoms with E-state index in [4.69, 9.17) is 5.73 Å². The van der Waals surface area contributed by atoms with Crippen LogP contribution in [0.4, 0.5) is 0 Å². The largest absolute Gasteiger partial charge is 0.364 e. The zero-order valence-corrected chi connectivity index (χ0v) is 9.44. The molecule has 0 spiro atoms. The monoisotopic (exact) mass is 251 g/mol. The molecule has 1 aliphatic rings. The van der Waals surface area contributed by atoms with Crippen molar-refractivity contribution in [3.05, 3.63) is 41.7 Å². The second-order valence-corrected chi connectivity index (χ2v) is 4.99. The zero-order valence-electron chi connectivity index (χ0n) is 8.62. The number of nitrogens with two attached hydrogens (primary N) is 1. The lowest BCUT2D eigenvalue weighted by Crippen LogP contribution is -2.24. The van der Waals surface area contributed by atoms with E-state index < -0.39 is 15.9 Å². The highest BCUT2D eigenvalue weighted by atomic mass is 32.2. The van der Waals surface area contributed by atoms with Crippen molar-refractivity contribution >= 4 is 22.1 Å². The molecule has 0 radical (unpaired) electrons. The Bertz CT molecular complexity index is 632. The summed E-state index contributed by atoms with van der Waals surface area (Å²) in [6.07, 6.45) is 2.27. The maximum atomic E-state index is 11.8. The second-order valence-electron chi connectivity index (χ2n) is 3.31. The summed E-state index contributed by atoms with van der Waals surface area (Å²) in [6.45, 7) is 0. The number of benzene rings is 1. The van der Waals surface area contributed by atoms with Crippen LogP contribution in [0, 0.1) is 0 Å². The molecule has 0 unspecified atom stereocenters. The maximum absolute atomic E-state index is 11.8. The topological polar surface area (TPSA) is 102 Å². The van der Waals surface area contributed by atoms with E-state index in [9.17, 15) is 13.2 Å². The molecule has 0 saturated carbocycles. The molecule has 7 heteroatoms. The van der Waals surface area contributed by atoms with Crippen molar-refractivity contribution < 1.29 is 13.2 Å². The molecule has 1 aromatic rings. The average molecular weight is 251 g/mol. The number of aliphatic imine (C=N–C) groups is 1. The van der Waals surface area contributed by atoms with Gasteiger partial charge in [-0.2, -0.15) is 0 Å². The van der Waals surface area contributed by atoms with E-state index in [-0.39, 0.29) is 10.6 Å². The molecular weight excluding hydrogens is 242 g/mol. The molecule has 88 valence electrons. The van der Waals surface area contributed by atoms with E-state index in [1.165, 1.54) is 12.3 Å². The molecule has 3 N–H and O–H groups in total. The fraction of sp³-hybridized carbons (Fsp3) is 0. The number of sulfonamides is 1. The van der Waals surface area contributed by atoms with Crippen LogP contribution >= 0.6 is 0 Å². The van der Waals surface area contributed by atoms with Crippen LogP contribution in [0.15, 0.2) is 46.1 Å². The number of carbonyl (C=O) groups excluding carboxylic acids is 1. The summed E-state index contributed by atoms with van der Waals surface area (Å²) in [5.74, 6) is -0.802. The Morgan fingerprint density at radius 1 is 1.29 bits per heavy atom. The van der Waals surface area contributed by atoms with Crippen molar-refractivity contribution in [3.8, 4) is 0 Å². The van der Waals surface area contributed by atoms with Crippen LogP contribution in [-0.2, 0) is 14.8 Å². The van der Waals surface area contributed by atoms with Gasteiger partial charge in [0.1, 0.15) is 5.70 Å². The third kappa shape index (κ3) is 2.18. The number of hydrogen-bond acceptors (Lipinski definition) is 4. The van der Waals surface area contributed by atoms with Crippen LogP contribution in [0.3, 0.4) is 0 Å². The lowest BCUT2D eigenvalue weighted by molar-refractivity contribution is -0.114. The molecule has 2 rings (SSSR count). The fourth-order valence-corrected chi connectivity index (χ4v) is 2.42. The first-order chi connectivity index (χ1) is 8.00. The second kappa shape index (κ2) is 4.02. The highest BCUT2D eigenvalue weighted by Gasteiger charge is 2.18. The van der Waals surface area contributed by atoms with E-state index in [0.29, 0.717) is 5.56 Å². The van der Waals surface area contributed by atoms with Crippen molar-refractivity contribution in [1.82, 2.24) is 4.72 Å². The van der Waals surface area contributed by atoms with Gasteiger partial charge in [0.25, 0.3) is 15.9 Å². The summed E-state index contributed by atoms with van der Waals surface area (Å²) in [6, 6.07) is 6.32. The van der Waals surface area contributed by atoms with Crippen LogP contribution in [0.1, 0.15) is 5.56 Å². The Hall–Kier alpha value is -2.15. The number of rotatable bonds is 1. The molecular formula is C10H9N3O3S. The molecule has 17 heavy (non-hydrogen) atoms. The summed E-state index contributed by atoms with van der Waals surface area (Å²) in [5.41, 5.74) is 5.29. The molecule has 0 fully saturated rings. The Labute approximate surface area is 97.9 Å². The molecule has 0 aromatic heterocycles. The Balaban J connectivity index is 2.63. The molecule has 0 saturated heterocycles. The quantitative estimate of drug-likeness (QED) is 0.717. The molecule has 1 heterocycles. The predicted octanol–water partition coefficient (Wildman–Crippen LogP) is -0.276. The summed E-state index contributed by atoms with van der Waals surface area (Å²) in [5, 5.41) is 0. The Kier molecular flexibility index (Phi) is 2.68. The minimum Gasteiger partial charge on any atom is -0.364 e. The van der Waals surface area contributed by atoms with Crippen molar-refractivity contribution in [2.75, 3.05) is 0 Å². The third-order valence-electron chi connectivity index (χ3n) is 2.15. The van der Waals surface area contributed by atoms with Gasteiger partial charge in [-0.25, -0.2) is 13.4 Å². The van der Waals surface area contributed by atoms with Gasteiger partial charge >= 0.3 is 0 Å². The summed E-state index contributed by atoms with van der Waals surface area (Å²) in [4.78, 5) is 14.9. The lowest BCUT2D eigenvalue weighted by atomic mass is 10.2. The first-order valence-electron chi connectivity index (χ1n) is 4.66. The van der Waals surface area contributed by atoms with Crippen molar-refractivity contribution in [1.29, 1.82) is 0 Å². The molecule has 1 aromatic carbocycles. The molecule has 1 aliphatic heterocycles. The van der Waals surface area contributed by atoms with Crippen LogP contribution in [0.5, 0.6) is 0 Å². The van der Waals surface area contributed by atoms with Crippen molar-refractivity contribution in [2.24, 2.45) is 10.7 Å². The van der Waals surface area contributed by atoms with Gasteiger partial charge < -0.3 is 5.73 Å². The Morgan fingerprint density at radius 3 is 2.71 bits per heavy atom. The Morgan fingerprint density at radius 2 is 2.00 bits per heavy atom. The molecule has 0 bridgehead atoms. The van der Waals surface area contributed by atoms with E-state index >= 15 is 0 Å². The van der Waals surface area contributed by atoms with Crippen LogP contribution < -0.4 is 10.5 Å². The lowest BCUT2D eigenvalue weighted by Gasteiger charge is -2.10. The third-order valence-corrected chi connectivity index (χ3v) is 3.53. The predicted molar refractivity (Wildman–Crippen MR) is 61.6 cm³/mol. The smallest absolute Gasteiger partial charge is 0.268 e. The standard InChI is InChI=1S/C10H9N3O3S/c11-10(14)8-6-13-17(15,16)9-4-2-1-3-7(9)5-12-8/h1-6,13H,(H2,11,14)/b8-6-,12-5?. The molecule has 0 aliphatic carbocycles. The van der Waals surface area contributed by atoms with Crippen LogP contribution in [-0.4, -0.2) is 20.5 Å². The summed E-state index contributed by atoms with van der Waals surface area (Å²) in [7, 11) is -3.69. The van der Waals surface area contributed by atoms with Crippen LogP contribution in [0.25, 0.3) is 0 Å². The number of nitrogens with one attached hydrogen (secondary N) is 1. The number of carbonyl (C=O) groups is 1. The number of hydrogen-bond donors (Lipinski definition) is 2. The number of nitrogens with zero attached hydrogens (tertiary/aromatic N) is 1. The first-order valence-corrected chi connectivity index (χ1v) is 6.14. The van der Waals surface area contributed by atoms with E-state index in [2.05, 4.69) is 9.71 Å². The zero-order chi connectivity index (χ0) is 12.5. The number of primary amides is 1. The van der Waals surface area contributed by atoms with Gasteiger partial charge in [-0.1, -0.05) is 18.2 Å². The number of amides is 1. The van der Waals surface area contributed by atoms with Gasteiger partial charge in [-0.05, 0) is 6.07 Å². The van der Waals surface area contributed by atoms with Gasteiger partial charge in [-0.3, -0.25) is 9.52 Å². The highest BCUT2D eigenvalue weighted by molar-refractivity contribution is 7.89. The minimum absolute atomic E-state index is 0.100. The molecule has 6 nitrogen and oxygen atoms in total. The maximum Gasteiger partial charge on any atom is 0.268 e. The highest BCUT2D eigenvalue weighted by Crippen LogP contribution is 2.15. The van der Waals surface area contributed by atoms with Gasteiger partial charge in [-0.15, -0.1) is 0 Å². The average Bonchev–Trinajstić information content (AvgIpc) is 2.27. The van der Waals surface area contributed by atoms with Gasteiger partial charge in [0.2, 0.25) is 0 Å². The van der Waals surface area contributed by atoms with Gasteiger partial charge in [0, 0.05) is 18.0 Å². The molecule has 1 amide bonds. The summed E-state index contributed by atoms with van der Waals surface area (Å²) < 4.78 is 25.8. The van der Waals surface area contributed by atoms with E-state index in [0.717, 1.165) is 6.20 Å². The van der Waals surface area contributed by atoms with Gasteiger partial charge in [0.15, 0.2) is 0 Å². The summed E-state index contributed by atoms with van der Waals surface area (Å²) >= 11 is 0. The normalized spacial score (nSPS) is 20.1. The molecule has 0 atom stereocenters.